The molecule has 1 aromatic heterocycles. The Morgan fingerprint density at radius 1 is 1.47 bits per heavy atom. The highest BCUT2D eigenvalue weighted by atomic mass is 35.5. The van der Waals surface area contributed by atoms with Crippen LogP contribution in [-0.4, -0.2) is 15.8 Å². The molecule has 0 amide bonds. The number of para-hydroxylation sites is 1. The fourth-order valence-corrected chi connectivity index (χ4v) is 1.99. The number of carbonyl (C=O) groups is 1. The van der Waals surface area contributed by atoms with Gasteiger partial charge < -0.3 is 4.57 Å². The van der Waals surface area contributed by atoms with E-state index in [9.17, 15) is 4.79 Å². The molecule has 1 heterocycles. The quantitative estimate of drug-likeness (QED) is 0.732. The lowest BCUT2D eigenvalue weighted by atomic mass is 10.3. The zero-order valence-corrected chi connectivity index (χ0v) is 9.32. The summed E-state index contributed by atoms with van der Waals surface area (Å²) in [6, 6.07) is 5.65. The molecule has 3 nitrogen and oxygen atoms in total. The largest absolute Gasteiger partial charge is 0.318 e. The average Bonchev–Trinajstić information content (AvgIpc) is 2.57. The SMILES string of the molecule is CC(C)n1c(C=O)nc2cccc(Cl)c21. The zero-order chi connectivity index (χ0) is 11.0. The predicted octanol–water partition coefficient (Wildman–Crippen LogP) is 3.08. The number of nitrogens with zero attached hydrogens (tertiary/aromatic N) is 2. The molecule has 0 saturated heterocycles. The van der Waals surface area contributed by atoms with E-state index < -0.39 is 0 Å². The van der Waals surface area contributed by atoms with Crippen molar-refractivity contribution >= 4 is 28.9 Å². The van der Waals surface area contributed by atoms with E-state index in [0.29, 0.717) is 10.8 Å². The van der Waals surface area contributed by atoms with E-state index in [1.165, 1.54) is 0 Å². The van der Waals surface area contributed by atoms with Crippen LogP contribution in [0.2, 0.25) is 5.02 Å². The normalized spacial score (nSPS) is 11.2. The number of benzene rings is 1. The maximum absolute atomic E-state index is 10.9. The van der Waals surface area contributed by atoms with Gasteiger partial charge in [0.2, 0.25) is 0 Å². The van der Waals surface area contributed by atoms with Crippen molar-refractivity contribution < 1.29 is 4.79 Å². The lowest BCUT2D eigenvalue weighted by Crippen LogP contribution is -2.05. The Bertz CT molecular complexity index is 517. The Labute approximate surface area is 92.7 Å². The number of hydrogen-bond acceptors (Lipinski definition) is 2. The number of aromatic nitrogens is 2. The van der Waals surface area contributed by atoms with Crippen LogP contribution in [0, 0.1) is 0 Å². The van der Waals surface area contributed by atoms with Crippen LogP contribution in [0.3, 0.4) is 0 Å². The number of imidazole rings is 1. The first-order valence-corrected chi connectivity index (χ1v) is 5.14. The van der Waals surface area contributed by atoms with E-state index in [1.807, 2.05) is 30.5 Å². The van der Waals surface area contributed by atoms with Gasteiger partial charge >= 0.3 is 0 Å². The zero-order valence-electron chi connectivity index (χ0n) is 8.57. The summed E-state index contributed by atoms with van der Waals surface area (Å²) >= 11 is 6.10. The standard InChI is InChI=1S/C11H11ClN2O/c1-7(2)14-10(6-15)13-9-5-3-4-8(12)11(9)14/h3-7H,1-2H3. The molecule has 0 fully saturated rings. The third-order valence-corrected chi connectivity index (χ3v) is 2.62. The van der Waals surface area contributed by atoms with Gasteiger partial charge in [0.25, 0.3) is 0 Å². The van der Waals surface area contributed by atoms with Gasteiger partial charge in [0, 0.05) is 6.04 Å². The predicted molar refractivity (Wildman–Crippen MR) is 60.5 cm³/mol. The average molecular weight is 223 g/mol. The van der Waals surface area contributed by atoms with Gasteiger partial charge in [0.05, 0.1) is 16.1 Å². The van der Waals surface area contributed by atoms with Crippen LogP contribution in [0.15, 0.2) is 18.2 Å². The van der Waals surface area contributed by atoms with E-state index in [-0.39, 0.29) is 6.04 Å². The highest BCUT2D eigenvalue weighted by Crippen LogP contribution is 2.26. The number of halogens is 1. The minimum Gasteiger partial charge on any atom is -0.318 e. The summed E-state index contributed by atoms with van der Waals surface area (Å²) in [5.74, 6) is 0.424. The molecule has 2 aromatic rings. The molecule has 0 radical (unpaired) electrons. The summed E-state index contributed by atoms with van der Waals surface area (Å²) in [5.41, 5.74) is 1.59. The summed E-state index contributed by atoms with van der Waals surface area (Å²) in [6.45, 7) is 3.99. The number of carbonyl (C=O) groups excluding carboxylic acids is 1. The van der Waals surface area contributed by atoms with Crippen LogP contribution in [0.5, 0.6) is 0 Å². The molecular formula is C11H11ClN2O. The molecule has 15 heavy (non-hydrogen) atoms. The van der Waals surface area contributed by atoms with Gasteiger partial charge in [-0.05, 0) is 26.0 Å². The van der Waals surface area contributed by atoms with E-state index in [2.05, 4.69) is 4.98 Å². The molecule has 0 spiro atoms. The van der Waals surface area contributed by atoms with Gasteiger partial charge in [0.1, 0.15) is 0 Å². The Morgan fingerprint density at radius 2 is 2.20 bits per heavy atom. The van der Waals surface area contributed by atoms with Gasteiger partial charge in [-0.3, -0.25) is 4.79 Å². The molecule has 0 unspecified atom stereocenters. The molecule has 0 atom stereocenters. The molecule has 1 aromatic carbocycles. The first kappa shape index (κ1) is 10.2. The molecule has 2 rings (SSSR count). The minimum atomic E-state index is 0.162. The van der Waals surface area contributed by atoms with Crippen molar-refractivity contribution in [3.8, 4) is 0 Å². The van der Waals surface area contributed by atoms with Crippen LogP contribution in [-0.2, 0) is 0 Å². The van der Waals surface area contributed by atoms with Crippen LogP contribution in [0.25, 0.3) is 11.0 Å². The van der Waals surface area contributed by atoms with Crippen LogP contribution >= 0.6 is 11.6 Å². The van der Waals surface area contributed by atoms with Crippen molar-refractivity contribution in [3.05, 3.63) is 29.0 Å². The maximum atomic E-state index is 10.9. The Balaban J connectivity index is 2.88. The lowest BCUT2D eigenvalue weighted by molar-refractivity contribution is 0.111. The second kappa shape index (κ2) is 3.66. The Kier molecular flexibility index (Phi) is 2.49. The molecule has 0 N–H and O–H groups in total. The highest BCUT2D eigenvalue weighted by molar-refractivity contribution is 6.35. The van der Waals surface area contributed by atoms with Crippen molar-refractivity contribution in [1.82, 2.24) is 9.55 Å². The summed E-state index contributed by atoms with van der Waals surface area (Å²) in [4.78, 5) is 15.1. The first-order valence-electron chi connectivity index (χ1n) is 4.76. The van der Waals surface area contributed by atoms with Gasteiger partial charge in [-0.1, -0.05) is 17.7 Å². The first-order chi connectivity index (χ1) is 7.15. The van der Waals surface area contributed by atoms with Crippen LogP contribution in [0.1, 0.15) is 30.5 Å². The van der Waals surface area contributed by atoms with Crippen LogP contribution in [0.4, 0.5) is 0 Å². The van der Waals surface area contributed by atoms with Crippen molar-refractivity contribution in [2.24, 2.45) is 0 Å². The smallest absolute Gasteiger partial charge is 0.185 e. The third kappa shape index (κ3) is 1.53. The Morgan fingerprint density at radius 3 is 2.80 bits per heavy atom. The van der Waals surface area contributed by atoms with E-state index in [1.54, 1.807) is 6.07 Å². The lowest BCUT2D eigenvalue weighted by Gasteiger charge is -2.10. The third-order valence-electron chi connectivity index (χ3n) is 2.31. The molecule has 0 saturated carbocycles. The number of rotatable bonds is 2. The second-order valence-electron chi connectivity index (χ2n) is 3.66. The van der Waals surface area contributed by atoms with Crippen molar-refractivity contribution in [3.63, 3.8) is 0 Å². The molecule has 4 heteroatoms. The van der Waals surface area contributed by atoms with Gasteiger partial charge in [-0.2, -0.15) is 0 Å². The highest BCUT2D eigenvalue weighted by Gasteiger charge is 2.14. The summed E-state index contributed by atoms with van der Waals surface area (Å²) in [6.07, 6.45) is 0.760. The molecule has 0 bridgehead atoms. The molecular weight excluding hydrogens is 212 g/mol. The summed E-state index contributed by atoms with van der Waals surface area (Å²) in [5, 5.41) is 0.627. The molecule has 78 valence electrons. The topological polar surface area (TPSA) is 34.9 Å². The molecule has 0 aliphatic rings. The van der Waals surface area contributed by atoms with Crippen LogP contribution < -0.4 is 0 Å². The number of fused-ring (bicyclic) bond motifs is 1. The summed E-state index contributed by atoms with van der Waals surface area (Å²) in [7, 11) is 0. The maximum Gasteiger partial charge on any atom is 0.185 e. The Hall–Kier alpha value is -1.35. The molecule has 0 aliphatic heterocycles. The van der Waals surface area contributed by atoms with Crippen molar-refractivity contribution in [2.75, 3.05) is 0 Å². The van der Waals surface area contributed by atoms with Crippen molar-refractivity contribution in [2.45, 2.75) is 19.9 Å². The number of hydrogen-bond donors (Lipinski definition) is 0. The second-order valence-corrected chi connectivity index (χ2v) is 4.07. The van der Waals surface area contributed by atoms with E-state index in [0.717, 1.165) is 17.3 Å². The van der Waals surface area contributed by atoms with E-state index in [4.69, 9.17) is 11.6 Å². The van der Waals surface area contributed by atoms with Gasteiger partial charge in [-0.25, -0.2) is 4.98 Å². The van der Waals surface area contributed by atoms with Gasteiger partial charge in [0.15, 0.2) is 12.1 Å². The minimum absolute atomic E-state index is 0.162. The monoisotopic (exact) mass is 222 g/mol. The fraction of sp³-hybridized carbons (Fsp3) is 0.273. The van der Waals surface area contributed by atoms with Gasteiger partial charge in [-0.15, -0.1) is 0 Å². The number of aldehydes is 1. The molecule has 0 aliphatic carbocycles. The fourth-order valence-electron chi connectivity index (χ4n) is 1.73. The van der Waals surface area contributed by atoms with E-state index >= 15 is 0 Å². The summed E-state index contributed by atoms with van der Waals surface area (Å²) < 4.78 is 1.85. The van der Waals surface area contributed by atoms with Crippen molar-refractivity contribution in [1.29, 1.82) is 0 Å².